The molecule has 0 radical (unpaired) electrons. The maximum absolute atomic E-state index is 12.1. The molecule has 1 aromatic carbocycles. The summed E-state index contributed by atoms with van der Waals surface area (Å²) in [5.74, 6) is 0.815. The van der Waals surface area contributed by atoms with Gasteiger partial charge in [0, 0.05) is 32.7 Å². The van der Waals surface area contributed by atoms with E-state index in [9.17, 15) is 4.79 Å². The van der Waals surface area contributed by atoms with Crippen molar-refractivity contribution in [1.29, 1.82) is 0 Å². The number of ether oxygens (including phenoxy) is 1. The Morgan fingerprint density at radius 2 is 1.82 bits per heavy atom. The lowest BCUT2D eigenvalue weighted by Crippen LogP contribution is -2.46. The zero-order valence-corrected chi connectivity index (χ0v) is 16.9. The molecule has 2 heterocycles. The van der Waals surface area contributed by atoms with E-state index in [4.69, 9.17) is 4.74 Å². The molecule has 0 bridgehead atoms. The third-order valence-corrected chi connectivity index (χ3v) is 5.12. The largest absolute Gasteiger partial charge is 0.495 e. The van der Waals surface area contributed by atoms with E-state index >= 15 is 0 Å². The van der Waals surface area contributed by atoms with Gasteiger partial charge in [0.15, 0.2) is 0 Å². The van der Waals surface area contributed by atoms with Crippen molar-refractivity contribution in [3.8, 4) is 5.75 Å². The van der Waals surface area contributed by atoms with Gasteiger partial charge in [-0.05, 0) is 30.7 Å². The minimum atomic E-state index is -0.0938. The highest BCUT2D eigenvalue weighted by Gasteiger charge is 2.20. The van der Waals surface area contributed by atoms with Gasteiger partial charge in [-0.2, -0.15) is 0 Å². The van der Waals surface area contributed by atoms with Gasteiger partial charge < -0.3 is 19.9 Å². The molecule has 6 nitrogen and oxygen atoms in total. The van der Waals surface area contributed by atoms with Gasteiger partial charge in [-0.1, -0.05) is 31.9 Å². The van der Waals surface area contributed by atoms with Crippen LogP contribution in [0.1, 0.15) is 36.7 Å². The molecule has 0 saturated carbocycles. The number of hydrogen-bond donors (Lipinski definition) is 1. The Bertz CT molecular complexity index is 755. The number of pyridine rings is 1. The number of amides is 1. The first-order chi connectivity index (χ1) is 13.7. The molecule has 150 valence electrons. The summed E-state index contributed by atoms with van der Waals surface area (Å²) in [6.07, 6.45) is 5.09. The van der Waals surface area contributed by atoms with Crippen LogP contribution in [0.25, 0.3) is 0 Å². The first-order valence-electron chi connectivity index (χ1n) is 10.1. The van der Waals surface area contributed by atoms with Gasteiger partial charge in [0.05, 0.1) is 24.7 Å². The van der Waals surface area contributed by atoms with Crippen LogP contribution in [-0.4, -0.2) is 50.7 Å². The number of piperazine rings is 1. The number of benzene rings is 1. The summed E-state index contributed by atoms with van der Waals surface area (Å²) < 4.78 is 5.48. The summed E-state index contributed by atoms with van der Waals surface area (Å²) in [7, 11) is 1.71. The fourth-order valence-corrected chi connectivity index (χ4v) is 3.47. The van der Waals surface area contributed by atoms with E-state index in [0.717, 1.165) is 62.6 Å². The average molecular weight is 383 g/mol. The van der Waals surface area contributed by atoms with Crippen molar-refractivity contribution in [2.45, 2.75) is 26.2 Å². The van der Waals surface area contributed by atoms with Gasteiger partial charge in [-0.3, -0.25) is 4.79 Å². The van der Waals surface area contributed by atoms with Crippen molar-refractivity contribution >= 4 is 17.3 Å². The minimum Gasteiger partial charge on any atom is -0.495 e. The molecule has 1 aliphatic heterocycles. The van der Waals surface area contributed by atoms with E-state index in [1.165, 1.54) is 0 Å². The highest BCUT2D eigenvalue weighted by atomic mass is 16.5. The van der Waals surface area contributed by atoms with Crippen LogP contribution in [0.4, 0.5) is 11.4 Å². The highest BCUT2D eigenvalue weighted by molar-refractivity contribution is 5.92. The number of carbonyl (C=O) groups excluding carboxylic acids is 1. The number of unbranched alkanes of at least 4 members (excludes halogenated alkanes) is 2. The summed E-state index contributed by atoms with van der Waals surface area (Å²) >= 11 is 0. The second-order valence-corrected chi connectivity index (χ2v) is 7.01. The third kappa shape index (κ3) is 4.94. The quantitative estimate of drug-likeness (QED) is 0.710. The Balaban J connectivity index is 1.54. The molecular weight excluding hydrogens is 352 g/mol. The maximum atomic E-state index is 12.1. The number of nitrogens with zero attached hydrogens (tertiary/aromatic N) is 3. The number of anilines is 2. The second-order valence-electron chi connectivity index (χ2n) is 7.01. The molecule has 0 aliphatic carbocycles. The lowest BCUT2D eigenvalue weighted by molar-refractivity contribution is 0.0948. The number of methoxy groups -OCH3 is 1. The Morgan fingerprint density at radius 3 is 2.50 bits per heavy atom. The molecule has 0 spiro atoms. The van der Waals surface area contributed by atoms with Crippen LogP contribution in [0.15, 0.2) is 42.6 Å². The van der Waals surface area contributed by atoms with Crippen molar-refractivity contribution in [1.82, 2.24) is 10.3 Å². The van der Waals surface area contributed by atoms with E-state index < -0.39 is 0 Å². The standard InChI is InChI=1S/C22H30N4O2/c1-3-4-7-12-23-22(27)19-11-10-18(17-24-19)25-13-15-26(16-14-25)20-8-5-6-9-21(20)28-2/h5-6,8-11,17H,3-4,7,12-16H2,1-2H3,(H,23,27). The predicted octanol–water partition coefficient (Wildman–Crippen LogP) is 3.34. The molecule has 1 amide bonds. The number of carbonyl (C=O) groups is 1. The van der Waals surface area contributed by atoms with Crippen LogP contribution in [0.5, 0.6) is 5.75 Å². The topological polar surface area (TPSA) is 57.7 Å². The zero-order valence-electron chi connectivity index (χ0n) is 16.9. The van der Waals surface area contributed by atoms with Crippen molar-refractivity contribution in [2.75, 3.05) is 49.6 Å². The Labute approximate surface area is 167 Å². The van der Waals surface area contributed by atoms with Crippen LogP contribution < -0.4 is 19.9 Å². The van der Waals surface area contributed by atoms with E-state index in [1.54, 1.807) is 13.3 Å². The lowest BCUT2D eigenvalue weighted by atomic mass is 10.2. The van der Waals surface area contributed by atoms with Gasteiger partial charge in [-0.15, -0.1) is 0 Å². The Hall–Kier alpha value is -2.76. The summed E-state index contributed by atoms with van der Waals surface area (Å²) in [6.45, 7) is 6.50. The molecular formula is C22H30N4O2. The molecule has 3 rings (SSSR count). The molecule has 1 aliphatic rings. The average Bonchev–Trinajstić information content (AvgIpc) is 2.77. The van der Waals surface area contributed by atoms with E-state index in [2.05, 4.69) is 33.1 Å². The monoisotopic (exact) mass is 382 g/mol. The van der Waals surface area contributed by atoms with E-state index in [0.29, 0.717) is 12.2 Å². The smallest absolute Gasteiger partial charge is 0.269 e. The minimum absolute atomic E-state index is 0.0938. The van der Waals surface area contributed by atoms with Crippen LogP contribution in [-0.2, 0) is 0 Å². The fourth-order valence-electron chi connectivity index (χ4n) is 3.47. The number of nitrogens with one attached hydrogen (secondary N) is 1. The molecule has 1 fully saturated rings. The van der Waals surface area contributed by atoms with Crippen molar-refractivity contribution < 1.29 is 9.53 Å². The van der Waals surface area contributed by atoms with Crippen molar-refractivity contribution in [2.24, 2.45) is 0 Å². The molecule has 1 saturated heterocycles. The van der Waals surface area contributed by atoms with E-state index in [-0.39, 0.29) is 5.91 Å². The van der Waals surface area contributed by atoms with Crippen LogP contribution in [0.3, 0.4) is 0 Å². The SMILES string of the molecule is CCCCCNC(=O)c1ccc(N2CCN(c3ccccc3OC)CC2)cn1. The van der Waals surface area contributed by atoms with Gasteiger partial charge in [-0.25, -0.2) is 4.98 Å². The normalized spacial score (nSPS) is 14.1. The molecule has 1 aromatic heterocycles. The summed E-state index contributed by atoms with van der Waals surface area (Å²) in [5.41, 5.74) is 2.67. The fraction of sp³-hybridized carbons (Fsp3) is 0.455. The Kier molecular flexibility index (Phi) is 7.12. The molecule has 0 atom stereocenters. The highest BCUT2D eigenvalue weighted by Crippen LogP contribution is 2.29. The number of aromatic nitrogens is 1. The van der Waals surface area contributed by atoms with Crippen LogP contribution in [0.2, 0.25) is 0 Å². The predicted molar refractivity (Wildman–Crippen MR) is 114 cm³/mol. The molecule has 0 unspecified atom stereocenters. The molecule has 28 heavy (non-hydrogen) atoms. The summed E-state index contributed by atoms with van der Waals surface area (Å²) in [5, 5.41) is 2.93. The van der Waals surface area contributed by atoms with E-state index in [1.807, 2.05) is 30.3 Å². The second kappa shape index (κ2) is 9.97. The van der Waals surface area contributed by atoms with Crippen LogP contribution >= 0.6 is 0 Å². The number of rotatable bonds is 8. The molecule has 1 N–H and O–H groups in total. The van der Waals surface area contributed by atoms with Gasteiger partial charge in [0.1, 0.15) is 11.4 Å². The van der Waals surface area contributed by atoms with Gasteiger partial charge in [0.2, 0.25) is 0 Å². The number of para-hydroxylation sites is 2. The first-order valence-corrected chi connectivity index (χ1v) is 10.1. The maximum Gasteiger partial charge on any atom is 0.269 e. The van der Waals surface area contributed by atoms with Gasteiger partial charge >= 0.3 is 0 Å². The lowest BCUT2D eigenvalue weighted by Gasteiger charge is -2.37. The molecule has 6 heteroatoms. The molecule has 2 aromatic rings. The van der Waals surface area contributed by atoms with Gasteiger partial charge in [0.25, 0.3) is 5.91 Å². The zero-order chi connectivity index (χ0) is 19.8. The summed E-state index contributed by atoms with van der Waals surface area (Å²) in [4.78, 5) is 21.2. The first kappa shape index (κ1) is 20.0. The van der Waals surface area contributed by atoms with Crippen molar-refractivity contribution in [3.05, 3.63) is 48.3 Å². The van der Waals surface area contributed by atoms with Crippen LogP contribution in [0, 0.1) is 0 Å². The Morgan fingerprint density at radius 1 is 1.07 bits per heavy atom. The number of hydrogen-bond acceptors (Lipinski definition) is 5. The summed E-state index contributed by atoms with van der Waals surface area (Å²) in [6, 6.07) is 11.9. The third-order valence-electron chi connectivity index (χ3n) is 5.12. The van der Waals surface area contributed by atoms with Crippen molar-refractivity contribution in [3.63, 3.8) is 0 Å².